The van der Waals surface area contributed by atoms with E-state index in [4.69, 9.17) is 5.73 Å². The van der Waals surface area contributed by atoms with Gasteiger partial charge in [-0.05, 0) is 25.7 Å². The van der Waals surface area contributed by atoms with Gasteiger partial charge < -0.3 is 5.73 Å². The third-order valence-electron chi connectivity index (χ3n) is 3.63. The summed E-state index contributed by atoms with van der Waals surface area (Å²) in [7, 11) is 0. The van der Waals surface area contributed by atoms with E-state index in [2.05, 4.69) is 25.6 Å². The van der Waals surface area contributed by atoms with Crippen LogP contribution in [0.3, 0.4) is 0 Å². The Kier molecular flexibility index (Phi) is 5.32. The molecule has 0 saturated heterocycles. The van der Waals surface area contributed by atoms with Gasteiger partial charge >= 0.3 is 0 Å². The molecular weight excluding hydrogens is 190 g/mol. The van der Waals surface area contributed by atoms with E-state index in [1.165, 1.54) is 44.9 Å². The summed E-state index contributed by atoms with van der Waals surface area (Å²) in [4.78, 5) is 0. The largest absolute Gasteiger partial charge is 0.329 e. The lowest BCUT2D eigenvalue weighted by molar-refractivity contribution is 0.499. The third-order valence-corrected chi connectivity index (χ3v) is 5.68. The van der Waals surface area contributed by atoms with E-state index < -0.39 is 0 Å². The average molecular weight is 215 g/mol. The molecular formula is C12H25NS. The van der Waals surface area contributed by atoms with Gasteiger partial charge in [-0.15, -0.1) is 0 Å². The van der Waals surface area contributed by atoms with Gasteiger partial charge in [-0.25, -0.2) is 0 Å². The molecule has 84 valence electrons. The van der Waals surface area contributed by atoms with Crippen molar-refractivity contribution < 1.29 is 0 Å². The van der Waals surface area contributed by atoms with Gasteiger partial charge in [-0.1, -0.05) is 33.1 Å². The predicted octanol–water partition coefficient (Wildman–Crippen LogP) is 3.57. The van der Waals surface area contributed by atoms with Crippen LogP contribution in [0.25, 0.3) is 0 Å². The molecule has 1 saturated carbocycles. The lowest BCUT2D eigenvalue weighted by atomic mass is 10.00. The Morgan fingerprint density at radius 1 is 1.14 bits per heavy atom. The smallest absolute Gasteiger partial charge is 0.0279 e. The molecule has 0 spiro atoms. The van der Waals surface area contributed by atoms with Crippen molar-refractivity contribution in [3.05, 3.63) is 0 Å². The highest BCUT2D eigenvalue weighted by Crippen LogP contribution is 2.40. The van der Waals surface area contributed by atoms with Crippen LogP contribution in [-0.4, -0.2) is 16.5 Å². The predicted molar refractivity (Wildman–Crippen MR) is 66.8 cm³/mol. The van der Waals surface area contributed by atoms with Crippen LogP contribution in [-0.2, 0) is 0 Å². The molecule has 0 atom stereocenters. The second-order valence-corrected chi connectivity index (χ2v) is 6.24. The maximum atomic E-state index is 5.93. The van der Waals surface area contributed by atoms with E-state index >= 15 is 0 Å². The molecule has 0 aromatic rings. The van der Waals surface area contributed by atoms with E-state index in [1.54, 1.807) is 0 Å². The molecule has 1 aliphatic rings. The van der Waals surface area contributed by atoms with Gasteiger partial charge in [0.15, 0.2) is 0 Å². The fraction of sp³-hybridized carbons (Fsp3) is 1.00. The first-order valence-electron chi connectivity index (χ1n) is 6.14. The zero-order chi connectivity index (χ0) is 10.4. The van der Waals surface area contributed by atoms with Crippen molar-refractivity contribution in [2.75, 3.05) is 6.54 Å². The lowest BCUT2D eigenvalue weighted by Gasteiger charge is -2.35. The summed E-state index contributed by atoms with van der Waals surface area (Å²) in [6, 6.07) is 0. The van der Waals surface area contributed by atoms with Gasteiger partial charge in [-0.2, -0.15) is 11.8 Å². The van der Waals surface area contributed by atoms with Gasteiger partial charge in [0.2, 0.25) is 0 Å². The molecule has 1 aliphatic carbocycles. The minimum absolute atomic E-state index is 0.377. The van der Waals surface area contributed by atoms with Crippen molar-refractivity contribution >= 4 is 11.8 Å². The standard InChI is InChI=1S/C12H25NS/c1-3-12(4-2,10-13)14-11-8-6-5-7-9-11/h11H,3-10,13H2,1-2H3. The van der Waals surface area contributed by atoms with Crippen LogP contribution in [0.1, 0.15) is 58.8 Å². The van der Waals surface area contributed by atoms with E-state index in [1.807, 2.05) is 0 Å². The molecule has 1 rings (SSSR count). The monoisotopic (exact) mass is 215 g/mol. The van der Waals surface area contributed by atoms with Crippen LogP contribution in [0, 0.1) is 0 Å². The fourth-order valence-electron chi connectivity index (χ4n) is 2.29. The quantitative estimate of drug-likeness (QED) is 0.759. The molecule has 0 aromatic carbocycles. The van der Waals surface area contributed by atoms with Crippen molar-refractivity contribution in [3.8, 4) is 0 Å². The zero-order valence-electron chi connectivity index (χ0n) is 9.72. The molecule has 0 aromatic heterocycles. The highest BCUT2D eigenvalue weighted by atomic mass is 32.2. The Bertz CT molecular complexity index is 140. The second kappa shape index (κ2) is 6.02. The van der Waals surface area contributed by atoms with Gasteiger partial charge in [0.25, 0.3) is 0 Å². The summed E-state index contributed by atoms with van der Waals surface area (Å²) in [6.45, 7) is 5.42. The Morgan fingerprint density at radius 3 is 2.14 bits per heavy atom. The number of rotatable bonds is 5. The Balaban J connectivity index is 2.44. The molecule has 0 heterocycles. The van der Waals surface area contributed by atoms with Gasteiger partial charge in [-0.3, -0.25) is 0 Å². The summed E-state index contributed by atoms with van der Waals surface area (Å²) >= 11 is 2.19. The zero-order valence-corrected chi connectivity index (χ0v) is 10.5. The fourth-order valence-corrected chi connectivity index (χ4v) is 4.00. The average Bonchev–Trinajstić information content (AvgIpc) is 2.28. The van der Waals surface area contributed by atoms with Crippen molar-refractivity contribution in [2.24, 2.45) is 5.73 Å². The second-order valence-electron chi connectivity index (χ2n) is 4.47. The first-order valence-corrected chi connectivity index (χ1v) is 7.02. The van der Waals surface area contributed by atoms with Crippen molar-refractivity contribution in [2.45, 2.75) is 68.8 Å². The minimum Gasteiger partial charge on any atom is -0.329 e. The SMILES string of the molecule is CCC(CC)(CN)SC1CCCCC1. The molecule has 14 heavy (non-hydrogen) atoms. The van der Waals surface area contributed by atoms with E-state index in [0.717, 1.165) is 11.8 Å². The van der Waals surface area contributed by atoms with E-state index in [-0.39, 0.29) is 0 Å². The van der Waals surface area contributed by atoms with Crippen LogP contribution >= 0.6 is 11.8 Å². The number of nitrogens with two attached hydrogens (primary N) is 1. The van der Waals surface area contributed by atoms with E-state index in [9.17, 15) is 0 Å². The van der Waals surface area contributed by atoms with Crippen LogP contribution < -0.4 is 5.73 Å². The van der Waals surface area contributed by atoms with Crippen LogP contribution in [0.4, 0.5) is 0 Å². The first kappa shape index (κ1) is 12.4. The topological polar surface area (TPSA) is 26.0 Å². The lowest BCUT2D eigenvalue weighted by Crippen LogP contribution is -2.35. The summed E-state index contributed by atoms with van der Waals surface area (Å²) in [6.07, 6.45) is 9.61. The van der Waals surface area contributed by atoms with Gasteiger partial charge in [0.05, 0.1) is 0 Å². The molecule has 0 aliphatic heterocycles. The van der Waals surface area contributed by atoms with Crippen molar-refractivity contribution in [1.82, 2.24) is 0 Å². The molecule has 2 N–H and O–H groups in total. The van der Waals surface area contributed by atoms with Gasteiger partial charge in [0, 0.05) is 16.5 Å². The Morgan fingerprint density at radius 2 is 1.71 bits per heavy atom. The Hall–Kier alpha value is 0.310. The molecule has 0 amide bonds. The number of hydrogen-bond acceptors (Lipinski definition) is 2. The molecule has 1 nitrogen and oxygen atoms in total. The summed E-state index contributed by atoms with van der Waals surface area (Å²) < 4.78 is 0.377. The molecule has 0 unspecified atom stereocenters. The van der Waals surface area contributed by atoms with Crippen LogP contribution in [0.5, 0.6) is 0 Å². The van der Waals surface area contributed by atoms with E-state index in [0.29, 0.717) is 4.75 Å². The van der Waals surface area contributed by atoms with Crippen LogP contribution in [0.2, 0.25) is 0 Å². The molecule has 2 heteroatoms. The van der Waals surface area contributed by atoms with Crippen molar-refractivity contribution in [1.29, 1.82) is 0 Å². The normalized spacial score (nSPS) is 19.9. The van der Waals surface area contributed by atoms with Gasteiger partial charge in [0.1, 0.15) is 0 Å². The number of thioether (sulfide) groups is 1. The maximum Gasteiger partial charge on any atom is 0.0279 e. The van der Waals surface area contributed by atoms with Crippen molar-refractivity contribution in [3.63, 3.8) is 0 Å². The summed E-state index contributed by atoms with van der Waals surface area (Å²) in [5.74, 6) is 0. The maximum absolute atomic E-state index is 5.93. The molecule has 1 fully saturated rings. The highest BCUT2D eigenvalue weighted by molar-refractivity contribution is 8.01. The molecule has 0 radical (unpaired) electrons. The summed E-state index contributed by atoms with van der Waals surface area (Å²) in [5, 5.41) is 0.896. The highest BCUT2D eigenvalue weighted by Gasteiger charge is 2.29. The summed E-state index contributed by atoms with van der Waals surface area (Å²) in [5.41, 5.74) is 5.93. The minimum atomic E-state index is 0.377. The van der Waals surface area contributed by atoms with Crippen LogP contribution in [0.15, 0.2) is 0 Å². The first-order chi connectivity index (χ1) is 6.76. The Labute approximate surface area is 93.2 Å². The number of hydrogen-bond donors (Lipinski definition) is 1. The molecule has 0 bridgehead atoms. The third kappa shape index (κ3) is 3.16.